The molecule has 2 fully saturated rings. The van der Waals surface area contributed by atoms with Gasteiger partial charge in [0.1, 0.15) is 5.78 Å². The van der Waals surface area contributed by atoms with Crippen molar-refractivity contribution in [3.8, 4) is 0 Å². The number of rotatable bonds is 0. The topological polar surface area (TPSA) is 17.1 Å². The molecule has 2 aliphatic rings. The van der Waals surface area contributed by atoms with Crippen molar-refractivity contribution in [2.24, 2.45) is 11.8 Å². The summed E-state index contributed by atoms with van der Waals surface area (Å²) in [4.78, 5) is 11.5. The van der Waals surface area contributed by atoms with E-state index >= 15 is 0 Å². The second kappa shape index (κ2) is 1.82. The summed E-state index contributed by atoms with van der Waals surface area (Å²) in [6.07, 6.45) is 3.26. The van der Waals surface area contributed by atoms with Gasteiger partial charge in [0.15, 0.2) is 0 Å². The largest absolute Gasteiger partial charge is 0.299 e. The number of halogens is 1. The Hall–Kier alpha value is 0.150. The molecule has 50 valence electrons. The third-order valence-corrected chi connectivity index (χ3v) is 3.95. The van der Waals surface area contributed by atoms with Gasteiger partial charge in [0.05, 0.1) is 0 Å². The van der Waals surface area contributed by atoms with Crippen molar-refractivity contribution in [3.05, 3.63) is 0 Å². The summed E-state index contributed by atoms with van der Waals surface area (Å²) < 4.78 is 0. The zero-order chi connectivity index (χ0) is 6.43. The van der Waals surface area contributed by atoms with E-state index in [1.165, 1.54) is 6.42 Å². The molecule has 0 spiro atoms. The van der Waals surface area contributed by atoms with Crippen LogP contribution in [0.2, 0.25) is 0 Å². The molecular formula is C7H9BrO. The number of Topliss-reactive ketones (excluding diaryl/α,β-unsaturated/α-hetero) is 1. The third-order valence-electron chi connectivity index (χ3n) is 2.56. The molecule has 2 aliphatic carbocycles. The minimum atomic E-state index is 0.384. The van der Waals surface area contributed by atoms with E-state index < -0.39 is 0 Å². The van der Waals surface area contributed by atoms with Gasteiger partial charge in [-0.3, -0.25) is 4.79 Å². The molecule has 2 saturated carbocycles. The maximum Gasteiger partial charge on any atom is 0.137 e. The first-order valence-electron chi connectivity index (χ1n) is 3.46. The normalized spacial score (nSPS) is 48.6. The molecule has 9 heavy (non-hydrogen) atoms. The van der Waals surface area contributed by atoms with E-state index in [0.717, 1.165) is 12.8 Å². The lowest BCUT2D eigenvalue weighted by atomic mass is 10.00. The van der Waals surface area contributed by atoms with Crippen molar-refractivity contribution >= 4 is 21.7 Å². The number of carbonyl (C=O) groups is 1. The smallest absolute Gasteiger partial charge is 0.137 e. The molecule has 3 atom stereocenters. The lowest BCUT2D eigenvalue weighted by Crippen LogP contribution is -2.10. The minimum absolute atomic E-state index is 0.384. The molecule has 2 bridgehead atoms. The highest BCUT2D eigenvalue weighted by atomic mass is 79.9. The third kappa shape index (κ3) is 0.689. The van der Waals surface area contributed by atoms with Crippen molar-refractivity contribution in [2.45, 2.75) is 24.1 Å². The predicted molar refractivity (Wildman–Crippen MR) is 38.6 cm³/mol. The van der Waals surface area contributed by atoms with E-state index in [1.807, 2.05) is 0 Å². The van der Waals surface area contributed by atoms with Crippen LogP contribution in [-0.4, -0.2) is 10.6 Å². The van der Waals surface area contributed by atoms with Gasteiger partial charge in [-0.25, -0.2) is 0 Å². The Labute approximate surface area is 62.9 Å². The average molecular weight is 189 g/mol. The molecule has 0 heterocycles. The molecular weight excluding hydrogens is 180 g/mol. The van der Waals surface area contributed by atoms with E-state index in [9.17, 15) is 4.79 Å². The second-order valence-corrected chi connectivity index (χ2v) is 4.12. The van der Waals surface area contributed by atoms with Crippen LogP contribution in [0.25, 0.3) is 0 Å². The standard InChI is InChI=1S/C7H9BrO/c8-7-4-1-2-5(7)6(9)3-4/h4-5,7H,1-3H2/t4-,5+,7?/m1/s1. The van der Waals surface area contributed by atoms with Gasteiger partial charge in [-0.15, -0.1) is 0 Å². The molecule has 0 aromatic heterocycles. The molecule has 0 N–H and O–H groups in total. The summed E-state index contributed by atoms with van der Waals surface area (Å²) in [5, 5.41) is 0. The zero-order valence-corrected chi connectivity index (χ0v) is 6.73. The highest BCUT2D eigenvalue weighted by Crippen LogP contribution is 2.46. The molecule has 0 radical (unpaired) electrons. The van der Waals surface area contributed by atoms with Crippen LogP contribution in [0.1, 0.15) is 19.3 Å². The van der Waals surface area contributed by atoms with E-state index in [0.29, 0.717) is 22.4 Å². The summed E-state index contributed by atoms with van der Waals surface area (Å²) in [6.45, 7) is 0. The van der Waals surface area contributed by atoms with Gasteiger partial charge >= 0.3 is 0 Å². The fraction of sp³-hybridized carbons (Fsp3) is 0.857. The van der Waals surface area contributed by atoms with Gasteiger partial charge in [-0.05, 0) is 18.8 Å². The average Bonchev–Trinajstić information content (AvgIpc) is 2.25. The molecule has 0 amide bonds. The van der Waals surface area contributed by atoms with Gasteiger partial charge in [-0.1, -0.05) is 15.9 Å². The quantitative estimate of drug-likeness (QED) is 0.530. The van der Waals surface area contributed by atoms with Crippen molar-refractivity contribution in [2.75, 3.05) is 0 Å². The number of hydrogen-bond acceptors (Lipinski definition) is 1. The fourth-order valence-electron chi connectivity index (χ4n) is 2.00. The lowest BCUT2D eigenvalue weighted by Gasteiger charge is -2.04. The Morgan fingerprint density at radius 2 is 2.22 bits per heavy atom. The highest BCUT2D eigenvalue weighted by molar-refractivity contribution is 9.09. The maximum atomic E-state index is 11.0. The van der Waals surface area contributed by atoms with Gasteiger partial charge in [0.25, 0.3) is 0 Å². The molecule has 2 heteroatoms. The van der Waals surface area contributed by atoms with Crippen molar-refractivity contribution < 1.29 is 4.79 Å². The van der Waals surface area contributed by atoms with Crippen molar-refractivity contribution in [3.63, 3.8) is 0 Å². The number of hydrogen-bond donors (Lipinski definition) is 0. The minimum Gasteiger partial charge on any atom is -0.299 e. The molecule has 0 aromatic carbocycles. The van der Waals surface area contributed by atoms with Crippen LogP contribution >= 0.6 is 15.9 Å². The molecule has 1 unspecified atom stereocenters. The summed E-state index contributed by atoms with van der Waals surface area (Å²) in [5.74, 6) is 1.56. The van der Waals surface area contributed by atoms with Crippen LogP contribution in [0.5, 0.6) is 0 Å². The molecule has 2 rings (SSSR count). The first-order chi connectivity index (χ1) is 4.29. The van der Waals surface area contributed by atoms with Gasteiger partial charge in [-0.2, -0.15) is 0 Å². The van der Waals surface area contributed by atoms with Crippen LogP contribution in [0.4, 0.5) is 0 Å². The zero-order valence-electron chi connectivity index (χ0n) is 5.14. The Bertz CT molecular complexity index is 155. The van der Waals surface area contributed by atoms with Crippen molar-refractivity contribution in [1.29, 1.82) is 0 Å². The maximum absolute atomic E-state index is 11.0. The Kier molecular flexibility index (Phi) is 1.19. The predicted octanol–water partition coefficient (Wildman–Crippen LogP) is 1.75. The second-order valence-electron chi connectivity index (χ2n) is 3.06. The number of ketones is 1. The fourth-order valence-corrected chi connectivity index (χ4v) is 3.01. The monoisotopic (exact) mass is 188 g/mol. The highest BCUT2D eigenvalue weighted by Gasteiger charge is 2.45. The summed E-state index contributed by atoms with van der Waals surface area (Å²) in [6, 6.07) is 0. The number of fused-ring (bicyclic) bond motifs is 2. The van der Waals surface area contributed by atoms with Crippen LogP contribution in [0.15, 0.2) is 0 Å². The molecule has 1 nitrogen and oxygen atoms in total. The summed E-state index contributed by atoms with van der Waals surface area (Å²) in [5.41, 5.74) is 0. The van der Waals surface area contributed by atoms with E-state index in [-0.39, 0.29) is 0 Å². The Morgan fingerprint density at radius 1 is 1.44 bits per heavy atom. The first-order valence-corrected chi connectivity index (χ1v) is 4.37. The lowest BCUT2D eigenvalue weighted by molar-refractivity contribution is -0.121. The van der Waals surface area contributed by atoms with Crippen LogP contribution < -0.4 is 0 Å². The summed E-state index contributed by atoms with van der Waals surface area (Å²) >= 11 is 3.55. The number of alkyl halides is 1. The van der Waals surface area contributed by atoms with E-state index in [4.69, 9.17) is 0 Å². The molecule has 0 aliphatic heterocycles. The van der Waals surface area contributed by atoms with Crippen LogP contribution in [-0.2, 0) is 4.79 Å². The molecule has 0 aromatic rings. The van der Waals surface area contributed by atoms with Crippen LogP contribution in [0, 0.1) is 11.8 Å². The van der Waals surface area contributed by atoms with Crippen molar-refractivity contribution in [1.82, 2.24) is 0 Å². The Balaban J connectivity index is 2.26. The van der Waals surface area contributed by atoms with Gasteiger partial charge in [0.2, 0.25) is 0 Å². The van der Waals surface area contributed by atoms with Crippen LogP contribution in [0.3, 0.4) is 0 Å². The first kappa shape index (κ1) is 5.90. The Morgan fingerprint density at radius 3 is 2.44 bits per heavy atom. The van der Waals surface area contributed by atoms with Gasteiger partial charge < -0.3 is 0 Å². The molecule has 0 saturated heterocycles. The van der Waals surface area contributed by atoms with E-state index in [1.54, 1.807) is 0 Å². The summed E-state index contributed by atoms with van der Waals surface area (Å²) in [7, 11) is 0. The number of carbonyl (C=O) groups excluding carboxylic acids is 1. The SMILES string of the molecule is O=C1C[C@H]2CC[C@@H]1C2Br. The van der Waals surface area contributed by atoms with Gasteiger partial charge in [0, 0.05) is 17.2 Å². The van der Waals surface area contributed by atoms with E-state index in [2.05, 4.69) is 15.9 Å².